The average molecular weight is 181 g/mol. The highest BCUT2D eigenvalue weighted by atomic mass is 35.5. The number of hydrogen-bond donors (Lipinski definition) is 1. The van der Waals surface area contributed by atoms with Gasteiger partial charge >= 0.3 is 0 Å². The lowest BCUT2D eigenvalue weighted by atomic mass is 10.2. The molecule has 0 aliphatic heterocycles. The summed E-state index contributed by atoms with van der Waals surface area (Å²) in [5.41, 5.74) is 1.05. The second kappa shape index (κ2) is 3.41. The molecule has 1 aromatic carbocycles. The Morgan fingerprint density at radius 1 is 1.00 bits per heavy atom. The normalized spacial score (nSPS) is 9.33. The molecule has 2 N–H and O–H groups in total. The van der Waals surface area contributed by atoms with E-state index in [1.165, 1.54) is 0 Å². The van der Waals surface area contributed by atoms with Crippen molar-refractivity contribution in [2.75, 3.05) is 5.84 Å². The van der Waals surface area contributed by atoms with E-state index in [1.807, 2.05) is 42.6 Å². The Morgan fingerprint density at radius 3 is 2.42 bits per heavy atom. The molecule has 0 fully saturated rings. The highest BCUT2D eigenvalue weighted by Gasteiger charge is 2.00. The van der Waals surface area contributed by atoms with Crippen molar-refractivity contribution in [2.24, 2.45) is 0 Å². The number of para-hydroxylation sites is 1. The summed E-state index contributed by atoms with van der Waals surface area (Å²) < 4.78 is 1.62. The van der Waals surface area contributed by atoms with Gasteiger partial charge in [0.15, 0.2) is 6.20 Å². The quantitative estimate of drug-likeness (QED) is 0.364. The molecule has 0 aliphatic rings. The number of fused-ring (bicyclic) bond motifs is 1. The molecule has 0 radical (unpaired) electrons. The number of aromatic nitrogens is 1. The second-order valence-electron chi connectivity index (χ2n) is 2.47. The zero-order valence-electron chi connectivity index (χ0n) is 6.44. The molecule has 3 heteroatoms. The van der Waals surface area contributed by atoms with Crippen LogP contribution in [-0.2, 0) is 0 Å². The van der Waals surface area contributed by atoms with Crippen LogP contribution in [0.3, 0.4) is 0 Å². The van der Waals surface area contributed by atoms with Crippen molar-refractivity contribution < 1.29 is 17.1 Å². The first kappa shape index (κ1) is 8.81. The maximum Gasteiger partial charge on any atom is 0.242 e. The average Bonchev–Trinajstić information content (AvgIpc) is 2.06. The van der Waals surface area contributed by atoms with Crippen molar-refractivity contribution >= 4 is 10.9 Å². The van der Waals surface area contributed by atoms with E-state index < -0.39 is 0 Å². The molecule has 2 nitrogen and oxygen atoms in total. The summed E-state index contributed by atoms with van der Waals surface area (Å²) in [6.07, 6.45) is 1.84. The highest BCUT2D eigenvalue weighted by molar-refractivity contribution is 5.74. The first-order valence-electron chi connectivity index (χ1n) is 3.52. The van der Waals surface area contributed by atoms with Crippen molar-refractivity contribution in [3.8, 4) is 0 Å². The number of halogens is 1. The maximum absolute atomic E-state index is 5.67. The fraction of sp³-hybridized carbons (Fsp3) is 0. The van der Waals surface area contributed by atoms with Gasteiger partial charge in [-0.2, -0.15) is 0 Å². The minimum Gasteiger partial charge on any atom is -1.00 e. The minimum absolute atomic E-state index is 0. The van der Waals surface area contributed by atoms with Gasteiger partial charge in [0, 0.05) is 17.5 Å². The van der Waals surface area contributed by atoms with E-state index in [9.17, 15) is 0 Å². The van der Waals surface area contributed by atoms with E-state index in [-0.39, 0.29) is 12.4 Å². The molecule has 1 heterocycles. The predicted octanol–water partition coefficient (Wildman–Crippen LogP) is -2.15. The fourth-order valence-corrected chi connectivity index (χ4v) is 1.18. The van der Waals surface area contributed by atoms with Crippen molar-refractivity contribution in [3.05, 3.63) is 42.6 Å². The van der Waals surface area contributed by atoms with Crippen LogP contribution in [-0.4, -0.2) is 0 Å². The Hall–Kier alpha value is -1.28. The number of nitrogens with zero attached hydrogens (tertiary/aromatic N) is 1. The van der Waals surface area contributed by atoms with Crippen LogP contribution in [0.15, 0.2) is 42.6 Å². The van der Waals surface area contributed by atoms with Gasteiger partial charge in [0.05, 0.1) is 0 Å². The topological polar surface area (TPSA) is 29.9 Å². The third-order valence-corrected chi connectivity index (χ3v) is 1.74. The van der Waals surface area contributed by atoms with Crippen LogP contribution < -0.4 is 22.9 Å². The standard InChI is InChI=1S/C9H9N2.ClH/c10-11-7-3-5-8-4-1-2-6-9(8)11;/h1-7H,10H2;1H/q+1;/p-1. The van der Waals surface area contributed by atoms with Crippen molar-refractivity contribution in [1.82, 2.24) is 0 Å². The molecule has 0 atom stereocenters. The molecule has 62 valence electrons. The molecule has 12 heavy (non-hydrogen) atoms. The zero-order chi connectivity index (χ0) is 7.68. The summed E-state index contributed by atoms with van der Waals surface area (Å²) in [4.78, 5) is 0. The molecular weight excluding hydrogens is 172 g/mol. The SMILES string of the molecule is N[n+]1cccc2ccccc21.[Cl-]. The van der Waals surface area contributed by atoms with Gasteiger partial charge in [0.25, 0.3) is 0 Å². The van der Waals surface area contributed by atoms with E-state index in [1.54, 1.807) is 4.68 Å². The third-order valence-electron chi connectivity index (χ3n) is 1.74. The molecule has 2 rings (SSSR count). The molecule has 2 aromatic rings. The lowest BCUT2D eigenvalue weighted by Crippen LogP contribution is -3.00. The molecule has 0 unspecified atom stereocenters. The van der Waals surface area contributed by atoms with Gasteiger partial charge in [-0.3, -0.25) is 0 Å². The van der Waals surface area contributed by atoms with Crippen LogP contribution in [0.4, 0.5) is 0 Å². The molecule has 0 amide bonds. The van der Waals surface area contributed by atoms with Crippen molar-refractivity contribution in [3.63, 3.8) is 0 Å². The highest BCUT2D eigenvalue weighted by Crippen LogP contribution is 2.05. The summed E-state index contributed by atoms with van der Waals surface area (Å²) in [7, 11) is 0. The molecule has 1 aromatic heterocycles. The lowest BCUT2D eigenvalue weighted by Gasteiger charge is -1.91. The predicted molar refractivity (Wildman–Crippen MR) is 44.3 cm³/mol. The van der Waals surface area contributed by atoms with E-state index in [2.05, 4.69) is 0 Å². The molecule has 0 saturated heterocycles. The molecule has 0 bridgehead atoms. The number of benzene rings is 1. The maximum atomic E-state index is 5.67. The van der Waals surface area contributed by atoms with Crippen LogP contribution in [0, 0.1) is 0 Å². The Balaban J connectivity index is 0.000000720. The molecule has 0 saturated carbocycles. The fourth-order valence-electron chi connectivity index (χ4n) is 1.18. The summed E-state index contributed by atoms with van der Waals surface area (Å²) in [6, 6.07) is 12.0. The number of nitrogens with two attached hydrogens (primary N) is 1. The number of nitrogen functional groups attached to an aromatic ring is 1. The Labute approximate surface area is 77.0 Å². The Bertz CT molecular complexity index is 382. The van der Waals surface area contributed by atoms with Gasteiger partial charge < -0.3 is 12.4 Å². The van der Waals surface area contributed by atoms with Gasteiger partial charge in [0.2, 0.25) is 5.52 Å². The third kappa shape index (κ3) is 1.34. The van der Waals surface area contributed by atoms with Crippen LogP contribution in [0.5, 0.6) is 0 Å². The van der Waals surface area contributed by atoms with Gasteiger partial charge in [0.1, 0.15) is 0 Å². The zero-order valence-corrected chi connectivity index (χ0v) is 7.20. The first-order valence-corrected chi connectivity index (χ1v) is 3.52. The smallest absolute Gasteiger partial charge is 0.242 e. The monoisotopic (exact) mass is 180 g/mol. The van der Waals surface area contributed by atoms with E-state index in [4.69, 9.17) is 5.84 Å². The van der Waals surface area contributed by atoms with Gasteiger partial charge in [-0.25, -0.2) is 5.84 Å². The Morgan fingerprint density at radius 2 is 1.67 bits per heavy atom. The van der Waals surface area contributed by atoms with E-state index >= 15 is 0 Å². The summed E-state index contributed by atoms with van der Waals surface area (Å²) in [5, 5.41) is 1.16. The number of rotatable bonds is 0. The van der Waals surface area contributed by atoms with Crippen molar-refractivity contribution in [2.45, 2.75) is 0 Å². The van der Waals surface area contributed by atoms with Gasteiger partial charge in [-0.1, -0.05) is 16.8 Å². The van der Waals surface area contributed by atoms with Crippen LogP contribution in [0.2, 0.25) is 0 Å². The number of pyridine rings is 1. The second-order valence-corrected chi connectivity index (χ2v) is 2.47. The minimum atomic E-state index is 0. The lowest BCUT2D eigenvalue weighted by molar-refractivity contribution is -0.611. The first-order chi connectivity index (χ1) is 5.38. The molecular formula is C9H9ClN2. The van der Waals surface area contributed by atoms with E-state index in [0.717, 1.165) is 10.9 Å². The Kier molecular flexibility index (Phi) is 2.51. The van der Waals surface area contributed by atoms with Crippen LogP contribution in [0.25, 0.3) is 10.9 Å². The summed E-state index contributed by atoms with van der Waals surface area (Å²) in [5.74, 6) is 5.67. The molecule has 0 aliphatic carbocycles. The largest absolute Gasteiger partial charge is 1.00 e. The van der Waals surface area contributed by atoms with Crippen LogP contribution in [0.1, 0.15) is 0 Å². The molecule has 0 spiro atoms. The van der Waals surface area contributed by atoms with Crippen molar-refractivity contribution in [1.29, 1.82) is 0 Å². The van der Waals surface area contributed by atoms with E-state index in [0.29, 0.717) is 0 Å². The summed E-state index contributed by atoms with van der Waals surface area (Å²) in [6.45, 7) is 0. The summed E-state index contributed by atoms with van der Waals surface area (Å²) >= 11 is 0. The van der Waals surface area contributed by atoms with Gasteiger partial charge in [-0.15, -0.1) is 0 Å². The van der Waals surface area contributed by atoms with Crippen LogP contribution >= 0.6 is 0 Å². The number of hydrogen-bond acceptors (Lipinski definition) is 1. The van der Waals surface area contributed by atoms with Gasteiger partial charge in [-0.05, 0) is 12.1 Å².